The Labute approximate surface area is 105 Å². The van der Waals surface area contributed by atoms with Crippen LogP contribution in [0.3, 0.4) is 0 Å². The van der Waals surface area contributed by atoms with E-state index in [-0.39, 0.29) is 12.5 Å². The van der Waals surface area contributed by atoms with Crippen LogP contribution in [-0.2, 0) is 15.1 Å². The second-order valence-electron chi connectivity index (χ2n) is 4.39. The third-order valence-corrected chi connectivity index (χ3v) is 3.31. The van der Waals surface area contributed by atoms with Crippen LogP contribution in [0.15, 0.2) is 24.5 Å². The van der Waals surface area contributed by atoms with E-state index >= 15 is 0 Å². The van der Waals surface area contributed by atoms with E-state index in [1.165, 1.54) is 6.20 Å². The molecular formula is C12H15N3O3. The van der Waals surface area contributed by atoms with Crippen molar-refractivity contribution in [2.75, 3.05) is 19.6 Å². The van der Waals surface area contributed by atoms with Gasteiger partial charge in [-0.1, -0.05) is 6.07 Å². The average molecular weight is 249 g/mol. The number of carboxylic acids is 1. The standard InChI is InChI=1S/C12H15N3O3/c1-12(11(17)18,9-3-2-4-13-7-9)15-6-5-14-10(16)8-15/h2-4,7H,5-6,8H2,1H3,(H,14,16)(H,17,18). The fourth-order valence-electron chi connectivity index (χ4n) is 2.11. The molecule has 1 unspecified atom stereocenters. The second kappa shape index (κ2) is 4.73. The van der Waals surface area contributed by atoms with Gasteiger partial charge in [0.1, 0.15) is 5.54 Å². The first-order valence-corrected chi connectivity index (χ1v) is 5.71. The molecule has 1 saturated heterocycles. The summed E-state index contributed by atoms with van der Waals surface area (Å²) in [7, 11) is 0. The number of carbonyl (C=O) groups is 2. The van der Waals surface area contributed by atoms with Crippen molar-refractivity contribution in [3.05, 3.63) is 30.1 Å². The Bertz CT molecular complexity index is 463. The Kier molecular flexibility index (Phi) is 3.29. The molecule has 1 aromatic rings. The van der Waals surface area contributed by atoms with E-state index in [0.717, 1.165) is 0 Å². The third kappa shape index (κ3) is 2.06. The largest absolute Gasteiger partial charge is 0.480 e. The number of amides is 1. The highest BCUT2D eigenvalue weighted by Crippen LogP contribution is 2.28. The molecule has 0 aliphatic carbocycles. The highest BCUT2D eigenvalue weighted by Gasteiger charge is 2.43. The minimum absolute atomic E-state index is 0.0810. The lowest BCUT2D eigenvalue weighted by atomic mass is 9.90. The first-order valence-electron chi connectivity index (χ1n) is 5.71. The quantitative estimate of drug-likeness (QED) is 0.776. The van der Waals surface area contributed by atoms with Gasteiger partial charge in [0.05, 0.1) is 6.54 Å². The van der Waals surface area contributed by atoms with Crippen LogP contribution in [0.4, 0.5) is 0 Å². The molecule has 0 spiro atoms. The summed E-state index contributed by atoms with van der Waals surface area (Å²) in [5.74, 6) is -1.14. The summed E-state index contributed by atoms with van der Waals surface area (Å²) >= 11 is 0. The molecule has 1 aromatic heterocycles. The lowest BCUT2D eigenvalue weighted by Gasteiger charge is -2.39. The first-order chi connectivity index (χ1) is 8.55. The maximum Gasteiger partial charge on any atom is 0.328 e. The van der Waals surface area contributed by atoms with Gasteiger partial charge in [0.15, 0.2) is 0 Å². The third-order valence-electron chi connectivity index (χ3n) is 3.31. The van der Waals surface area contributed by atoms with Crippen LogP contribution in [0.2, 0.25) is 0 Å². The zero-order valence-corrected chi connectivity index (χ0v) is 10.1. The van der Waals surface area contributed by atoms with E-state index in [1.54, 1.807) is 30.2 Å². The van der Waals surface area contributed by atoms with Crippen LogP contribution in [0, 0.1) is 0 Å². The Morgan fingerprint density at radius 3 is 2.94 bits per heavy atom. The van der Waals surface area contributed by atoms with E-state index in [4.69, 9.17) is 0 Å². The summed E-state index contributed by atoms with van der Waals surface area (Å²) in [5.41, 5.74) is -0.654. The normalized spacial score (nSPS) is 19.9. The molecule has 1 fully saturated rings. The van der Waals surface area contributed by atoms with Crippen molar-refractivity contribution in [3.8, 4) is 0 Å². The van der Waals surface area contributed by atoms with Crippen molar-refractivity contribution in [3.63, 3.8) is 0 Å². The number of nitrogens with one attached hydrogen (secondary N) is 1. The van der Waals surface area contributed by atoms with Gasteiger partial charge < -0.3 is 10.4 Å². The van der Waals surface area contributed by atoms with Crippen molar-refractivity contribution in [2.24, 2.45) is 0 Å². The highest BCUT2D eigenvalue weighted by atomic mass is 16.4. The number of hydrogen-bond donors (Lipinski definition) is 2. The second-order valence-corrected chi connectivity index (χ2v) is 4.39. The summed E-state index contributed by atoms with van der Waals surface area (Å²) in [4.78, 5) is 28.7. The molecule has 1 aliphatic rings. The Balaban J connectivity index is 2.38. The molecule has 1 amide bonds. The lowest BCUT2D eigenvalue weighted by molar-refractivity contribution is -0.153. The average Bonchev–Trinajstić information content (AvgIpc) is 2.38. The molecule has 96 valence electrons. The number of carbonyl (C=O) groups excluding carboxylic acids is 1. The maximum atomic E-state index is 11.6. The van der Waals surface area contributed by atoms with Gasteiger partial charge in [-0.05, 0) is 13.0 Å². The number of nitrogens with zero attached hydrogens (tertiary/aromatic N) is 2. The van der Waals surface area contributed by atoms with Gasteiger partial charge in [-0.3, -0.25) is 14.7 Å². The molecule has 2 rings (SSSR count). The molecule has 0 saturated carbocycles. The van der Waals surface area contributed by atoms with Crippen molar-refractivity contribution in [2.45, 2.75) is 12.5 Å². The van der Waals surface area contributed by atoms with Crippen LogP contribution in [-0.4, -0.2) is 46.5 Å². The Morgan fingerprint density at radius 2 is 2.39 bits per heavy atom. The molecule has 2 heterocycles. The maximum absolute atomic E-state index is 11.6. The number of carboxylic acid groups (broad SMARTS) is 1. The smallest absolute Gasteiger partial charge is 0.328 e. The number of aliphatic carboxylic acids is 1. The summed E-state index contributed by atoms with van der Waals surface area (Å²) in [6, 6.07) is 3.41. The van der Waals surface area contributed by atoms with Gasteiger partial charge in [-0.25, -0.2) is 4.79 Å². The number of hydrogen-bond acceptors (Lipinski definition) is 4. The minimum Gasteiger partial charge on any atom is -0.480 e. The van der Waals surface area contributed by atoms with Crippen molar-refractivity contribution < 1.29 is 14.7 Å². The van der Waals surface area contributed by atoms with Crippen molar-refractivity contribution in [1.29, 1.82) is 0 Å². The van der Waals surface area contributed by atoms with Crippen molar-refractivity contribution in [1.82, 2.24) is 15.2 Å². The summed E-state index contributed by atoms with van der Waals surface area (Å²) in [5, 5.41) is 12.2. The van der Waals surface area contributed by atoms with E-state index in [0.29, 0.717) is 18.7 Å². The van der Waals surface area contributed by atoms with Gasteiger partial charge in [0.25, 0.3) is 0 Å². The molecule has 2 N–H and O–H groups in total. The van der Waals surface area contributed by atoms with Gasteiger partial charge in [-0.2, -0.15) is 0 Å². The topological polar surface area (TPSA) is 82.5 Å². The predicted molar refractivity (Wildman–Crippen MR) is 63.8 cm³/mol. The van der Waals surface area contributed by atoms with Crippen LogP contribution >= 0.6 is 0 Å². The molecule has 6 nitrogen and oxygen atoms in total. The lowest BCUT2D eigenvalue weighted by Crippen LogP contribution is -2.58. The molecule has 1 aliphatic heterocycles. The van der Waals surface area contributed by atoms with E-state index in [9.17, 15) is 14.7 Å². The molecule has 18 heavy (non-hydrogen) atoms. The van der Waals surface area contributed by atoms with Gasteiger partial charge in [0, 0.05) is 31.0 Å². The molecular weight excluding hydrogens is 234 g/mol. The molecule has 0 aromatic carbocycles. The van der Waals surface area contributed by atoms with Crippen molar-refractivity contribution >= 4 is 11.9 Å². The molecule has 6 heteroatoms. The monoisotopic (exact) mass is 249 g/mol. The Hall–Kier alpha value is -1.95. The highest BCUT2D eigenvalue weighted by molar-refractivity contribution is 5.83. The summed E-state index contributed by atoms with van der Waals surface area (Å²) in [6.45, 7) is 2.65. The fraction of sp³-hybridized carbons (Fsp3) is 0.417. The molecule has 1 atom stereocenters. The Morgan fingerprint density at radius 1 is 1.61 bits per heavy atom. The van der Waals surface area contributed by atoms with E-state index in [2.05, 4.69) is 10.3 Å². The van der Waals surface area contributed by atoms with Crippen LogP contribution < -0.4 is 5.32 Å². The van der Waals surface area contributed by atoms with E-state index in [1.807, 2.05) is 0 Å². The van der Waals surface area contributed by atoms with Gasteiger partial charge >= 0.3 is 5.97 Å². The van der Waals surface area contributed by atoms with Crippen LogP contribution in [0.5, 0.6) is 0 Å². The van der Waals surface area contributed by atoms with Gasteiger partial charge in [-0.15, -0.1) is 0 Å². The SMILES string of the molecule is CC(C(=O)O)(c1cccnc1)N1CCNC(=O)C1. The van der Waals surface area contributed by atoms with Crippen LogP contribution in [0.1, 0.15) is 12.5 Å². The summed E-state index contributed by atoms with van der Waals surface area (Å²) in [6.07, 6.45) is 3.12. The van der Waals surface area contributed by atoms with Crippen LogP contribution in [0.25, 0.3) is 0 Å². The number of piperazine rings is 1. The van der Waals surface area contributed by atoms with Gasteiger partial charge in [0.2, 0.25) is 5.91 Å². The summed E-state index contributed by atoms with van der Waals surface area (Å²) < 4.78 is 0. The van der Waals surface area contributed by atoms with E-state index < -0.39 is 11.5 Å². The molecule has 0 bridgehead atoms. The number of pyridine rings is 1. The first kappa shape index (κ1) is 12.5. The zero-order chi connectivity index (χ0) is 13.2. The molecule has 0 radical (unpaired) electrons. The predicted octanol–water partition coefficient (Wildman–Crippen LogP) is -0.187. The number of rotatable bonds is 3. The fourth-order valence-corrected chi connectivity index (χ4v) is 2.11. The minimum atomic E-state index is -1.23. The number of aromatic nitrogens is 1. The zero-order valence-electron chi connectivity index (χ0n) is 10.1.